The summed E-state index contributed by atoms with van der Waals surface area (Å²) in [5, 5.41) is 1.46. The first-order valence-electron chi connectivity index (χ1n) is 7.01. The first-order chi connectivity index (χ1) is 10.2. The highest BCUT2D eigenvalue weighted by Crippen LogP contribution is 2.30. The Morgan fingerprint density at radius 3 is 2.48 bits per heavy atom. The van der Waals surface area contributed by atoms with Crippen LogP contribution in [0.3, 0.4) is 0 Å². The number of ketones is 1. The summed E-state index contributed by atoms with van der Waals surface area (Å²) in [6, 6.07) is 18.2. The first-order valence-corrected chi connectivity index (χ1v) is 7.01. The molecule has 1 nitrogen and oxygen atoms in total. The van der Waals surface area contributed by atoms with Crippen molar-refractivity contribution in [3.63, 3.8) is 0 Å². The molecule has 3 aromatic rings. The van der Waals surface area contributed by atoms with E-state index >= 15 is 0 Å². The fraction of sp³-hybridized carbons (Fsp3) is 0.105. The summed E-state index contributed by atoms with van der Waals surface area (Å²) in [5.74, 6) is -0.113. The van der Waals surface area contributed by atoms with Gasteiger partial charge < -0.3 is 0 Å². The van der Waals surface area contributed by atoms with Crippen LogP contribution in [0.4, 0.5) is 4.39 Å². The van der Waals surface area contributed by atoms with Crippen molar-refractivity contribution in [2.45, 2.75) is 13.3 Å². The molecule has 21 heavy (non-hydrogen) atoms. The monoisotopic (exact) mass is 278 g/mol. The van der Waals surface area contributed by atoms with Crippen molar-refractivity contribution < 1.29 is 9.18 Å². The van der Waals surface area contributed by atoms with Crippen molar-refractivity contribution in [1.82, 2.24) is 0 Å². The van der Waals surface area contributed by atoms with Crippen molar-refractivity contribution in [2.24, 2.45) is 0 Å². The molecule has 0 spiro atoms. The van der Waals surface area contributed by atoms with E-state index in [1.54, 1.807) is 12.1 Å². The molecule has 2 heteroatoms. The maximum absolute atomic E-state index is 13.9. The normalized spacial score (nSPS) is 10.8. The number of carbonyl (C=O) groups is 1. The molecule has 0 unspecified atom stereocenters. The van der Waals surface area contributed by atoms with Gasteiger partial charge in [-0.2, -0.15) is 0 Å². The lowest BCUT2D eigenvalue weighted by molar-refractivity contribution is 0.0988. The van der Waals surface area contributed by atoms with E-state index in [2.05, 4.69) is 0 Å². The summed E-state index contributed by atoms with van der Waals surface area (Å²) in [4.78, 5) is 11.9. The van der Waals surface area contributed by atoms with Crippen LogP contribution >= 0.6 is 0 Å². The molecule has 3 rings (SSSR count). The largest absolute Gasteiger partial charge is 0.294 e. The zero-order chi connectivity index (χ0) is 14.8. The van der Waals surface area contributed by atoms with E-state index in [1.165, 1.54) is 6.07 Å². The van der Waals surface area contributed by atoms with Gasteiger partial charge in [0, 0.05) is 17.4 Å². The molecule has 0 aliphatic rings. The van der Waals surface area contributed by atoms with Crippen LogP contribution < -0.4 is 0 Å². The van der Waals surface area contributed by atoms with E-state index in [4.69, 9.17) is 0 Å². The number of Topliss-reactive ketones (excluding diaryl/α,β-unsaturated/α-hetero) is 1. The highest BCUT2D eigenvalue weighted by Gasteiger charge is 2.09. The van der Waals surface area contributed by atoms with Gasteiger partial charge in [0.1, 0.15) is 5.82 Å². The van der Waals surface area contributed by atoms with Crippen LogP contribution in [0.1, 0.15) is 23.7 Å². The van der Waals surface area contributed by atoms with E-state index in [0.29, 0.717) is 17.4 Å². The summed E-state index contributed by atoms with van der Waals surface area (Å²) in [6.45, 7) is 1.85. The third-order valence-electron chi connectivity index (χ3n) is 3.69. The number of rotatable bonds is 3. The molecule has 0 heterocycles. The summed E-state index contributed by atoms with van der Waals surface area (Å²) < 4.78 is 13.9. The molecule has 0 aliphatic heterocycles. The van der Waals surface area contributed by atoms with Crippen molar-refractivity contribution in [3.8, 4) is 11.1 Å². The van der Waals surface area contributed by atoms with E-state index in [1.807, 2.05) is 49.4 Å². The number of halogens is 1. The standard InChI is InChI=1S/C19H15FO/c1-2-19(21)14-7-5-6-13(12-14)15-10-11-18(20)17-9-4-3-8-16(15)17/h3-12H,2H2,1H3. The second-order valence-corrected chi connectivity index (χ2v) is 5.00. The van der Waals surface area contributed by atoms with Crippen LogP contribution in [-0.4, -0.2) is 5.78 Å². The van der Waals surface area contributed by atoms with E-state index in [0.717, 1.165) is 16.5 Å². The Bertz CT molecular complexity index is 821. The molecule has 0 atom stereocenters. The predicted octanol–water partition coefficient (Wildman–Crippen LogP) is 5.24. The van der Waals surface area contributed by atoms with Crippen LogP contribution in [0.5, 0.6) is 0 Å². The van der Waals surface area contributed by atoms with Crippen molar-refractivity contribution in [2.75, 3.05) is 0 Å². The summed E-state index contributed by atoms with van der Waals surface area (Å²) in [5.41, 5.74) is 2.58. The smallest absolute Gasteiger partial charge is 0.162 e. The van der Waals surface area contributed by atoms with Gasteiger partial charge in [0.05, 0.1) is 0 Å². The lowest BCUT2D eigenvalue weighted by atomic mass is 9.95. The Balaban J connectivity index is 2.22. The maximum Gasteiger partial charge on any atom is 0.162 e. The summed E-state index contributed by atoms with van der Waals surface area (Å²) in [6.07, 6.45) is 0.480. The molecule has 0 aliphatic carbocycles. The van der Waals surface area contributed by atoms with Gasteiger partial charge in [-0.1, -0.05) is 55.5 Å². The summed E-state index contributed by atoms with van der Waals surface area (Å²) in [7, 11) is 0. The van der Waals surface area contributed by atoms with E-state index < -0.39 is 0 Å². The number of fused-ring (bicyclic) bond motifs is 1. The average molecular weight is 278 g/mol. The molecule has 0 N–H and O–H groups in total. The minimum atomic E-state index is -0.227. The Labute approximate surface area is 123 Å². The molecule has 0 amide bonds. The molecule has 104 valence electrons. The lowest BCUT2D eigenvalue weighted by Crippen LogP contribution is -1.96. The van der Waals surface area contributed by atoms with Gasteiger partial charge in [-0.15, -0.1) is 0 Å². The van der Waals surface area contributed by atoms with Crippen molar-refractivity contribution in [3.05, 3.63) is 72.0 Å². The Morgan fingerprint density at radius 2 is 1.71 bits per heavy atom. The molecular weight excluding hydrogens is 263 g/mol. The zero-order valence-corrected chi connectivity index (χ0v) is 11.8. The number of benzene rings is 3. The zero-order valence-electron chi connectivity index (χ0n) is 11.8. The predicted molar refractivity (Wildman–Crippen MR) is 84.0 cm³/mol. The molecular formula is C19H15FO. The van der Waals surface area contributed by atoms with Gasteiger partial charge in [-0.25, -0.2) is 4.39 Å². The molecule has 0 radical (unpaired) electrons. The van der Waals surface area contributed by atoms with Crippen LogP contribution in [0.15, 0.2) is 60.7 Å². The van der Waals surface area contributed by atoms with Crippen LogP contribution in [-0.2, 0) is 0 Å². The van der Waals surface area contributed by atoms with Gasteiger partial charge in [0.25, 0.3) is 0 Å². The molecule has 3 aromatic carbocycles. The highest BCUT2D eigenvalue weighted by molar-refractivity contribution is 6.00. The molecule has 0 saturated carbocycles. The highest BCUT2D eigenvalue weighted by atomic mass is 19.1. The third-order valence-corrected chi connectivity index (χ3v) is 3.69. The molecule has 0 saturated heterocycles. The van der Waals surface area contributed by atoms with Gasteiger partial charge in [0.15, 0.2) is 5.78 Å². The van der Waals surface area contributed by atoms with E-state index in [-0.39, 0.29) is 11.6 Å². The van der Waals surface area contributed by atoms with E-state index in [9.17, 15) is 9.18 Å². The first kappa shape index (κ1) is 13.5. The van der Waals surface area contributed by atoms with Crippen LogP contribution in [0.2, 0.25) is 0 Å². The SMILES string of the molecule is CCC(=O)c1cccc(-c2ccc(F)c3ccccc23)c1. The van der Waals surface area contributed by atoms with Crippen LogP contribution in [0.25, 0.3) is 21.9 Å². The number of hydrogen-bond donors (Lipinski definition) is 0. The molecule has 0 aromatic heterocycles. The number of hydrogen-bond acceptors (Lipinski definition) is 1. The minimum Gasteiger partial charge on any atom is -0.294 e. The number of carbonyl (C=O) groups excluding carboxylic acids is 1. The topological polar surface area (TPSA) is 17.1 Å². The van der Waals surface area contributed by atoms with Crippen molar-refractivity contribution >= 4 is 16.6 Å². The fourth-order valence-corrected chi connectivity index (χ4v) is 2.58. The lowest BCUT2D eigenvalue weighted by Gasteiger charge is -2.09. The second-order valence-electron chi connectivity index (χ2n) is 5.00. The van der Waals surface area contributed by atoms with Gasteiger partial charge in [-0.05, 0) is 28.6 Å². The second kappa shape index (κ2) is 5.49. The fourth-order valence-electron chi connectivity index (χ4n) is 2.58. The van der Waals surface area contributed by atoms with Crippen molar-refractivity contribution in [1.29, 1.82) is 0 Å². The maximum atomic E-state index is 13.9. The Kier molecular flexibility index (Phi) is 3.53. The van der Waals surface area contributed by atoms with Gasteiger partial charge >= 0.3 is 0 Å². The average Bonchev–Trinajstić information content (AvgIpc) is 2.55. The summed E-state index contributed by atoms with van der Waals surface area (Å²) >= 11 is 0. The van der Waals surface area contributed by atoms with Crippen LogP contribution in [0, 0.1) is 5.82 Å². The van der Waals surface area contributed by atoms with Gasteiger partial charge in [-0.3, -0.25) is 4.79 Å². The van der Waals surface area contributed by atoms with Gasteiger partial charge in [0.2, 0.25) is 0 Å². The third kappa shape index (κ3) is 2.45. The molecule has 0 fully saturated rings. The Hall–Kier alpha value is -2.48. The molecule has 0 bridgehead atoms. The minimum absolute atomic E-state index is 0.114. The quantitative estimate of drug-likeness (QED) is 0.599. The Morgan fingerprint density at radius 1 is 0.952 bits per heavy atom.